The molecule has 3 aromatic carbocycles. The van der Waals surface area contributed by atoms with Gasteiger partial charge in [0.15, 0.2) is 11.2 Å². The van der Waals surface area contributed by atoms with Crippen molar-refractivity contribution in [1.29, 1.82) is 0 Å². The van der Waals surface area contributed by atoms with Crippen molar-refractivity contribution >= 4 is 11.2 Å². The summed E-state index contributed by atoms with van der Waals surface area (Å²) in [6.07, 6.45) is 0.579. The number of imidazole rings is 1. The van der Waals surface area contributed by atoms with Gasteiger partial charge < -0.3 is 4.57 Å². The monoisotopic (exact) mass is 504 g/mol. The predicted octanol–water partition coefficient (Wildman–Crippen LogP) is 3.33. The fourth-order valence-electron chi connectivity index (χ4n) is 4.72. The van der Waals surface area contributed by atoms with Gasteiger partial charge in [-0.3, -0.25) is 14.3 Å². The highest BCUT2D eigenvalue weighted by Crippen LogP contribution is 2.30. The highest BCUT2D eigenvalue weighted by atomic mass is 16.2. The van der Waals surface area contributed by atoms with Crippen molar-refractivity contribution in [3.8, 4) is 22.5 Å². The number of aryl methyl sites for hydroxylation is 2. The summed E-state index contributed by atoms with van der Waals surface area (Å²) in [4.78, 5) is 33.4. The van der Waals surface area contributed by atoms with Crippen molar-refractivity contribution in [1.82, 2.24) is 39.7 Å². The summed E-state index contributed by atoms with van der Waals surface area (Å²) in [6.45, 7) is 2.56. The highest BCUT2D eigenvalue weighted by molar-refractivity contribution is 5.80. The number of hydrogen-bond acceptors (Lipinski definition) is 6. The number of rotatable bonds is 7. The first-order valence-electron chi connectivity index (χ1n) is 12.2. The zero-order valence-electron chi connectivity index (χ0n) is 20.6. The molecular formula is C28H24N8O2. The zero-order valence-corrected chi connectivity index (χ0v) is 20.6. The summed E-state index contributed by atoms with van der Waals surface area (Å²) in [5, 5.41) is 14.4. The number of nitrogens with zero attached hydrogens (tertiary/aromatic N) is 6. The molecule has 0 saturated carbocycles. The van der Waals surface area contributed by atoms with Gasteiger partial charge in [0.1, 0.15) is 5.82 Å². The molecule has 2 N–H and O–H groups in total. The van der Waals surface area contributed by atoms with Gasteiger partial charge in [-0.05, 0) is 40.8 Å². The van der Waals surface area contributed by atoms with Crippen molar-refractivity contribution in [3.05, 3.63) is 117 Å². The van der Waals surface area contributed by atoms with Crippen LogP contribution in [0, 0.1) is 6.92 Å². The second kappa shape index (κ2) is 9.74. The third-order valence-electron chi connectivity index (χ3n) is 6.66. The van der Waals surface area contributed by atoms with E-state index in [4.69, 9.17) is 0 Å². The van der Waals surface area contributed by atoms with E-state index in [0.29, 0.717) is 35.8 Å². The molecule has 6 aromatic rings. The van der Waals surface area contributed by atoms with E-state index in [2.05, 4.69) is 30.6 Å². The van der Waals surface area contributed by atoms with Crippen LogP contribution >= 0.6 is 0 Å². The largest absolute Gasteiger partial charge is 0.330 e. The van der Waals surface area contributed by atoms with Gasteiger partial charge in [0.2, 0.25) is 5.82 Å². The van der Waals surface area contributed by atoms with Crippen molar-refractivity contribution in [2.75, 3.05) is 0 Å². The van der Waals surface area contributed by atoms with Crippen molar-refractivity contribution in [2.24, 2.45) is 0 Å². The quantitative estimate of drug-likeness (QED) is 0.343. The van der Waals surface area contributed by atoms with E-state index >= 15 is 0 Å². The van der Waals surface area contributed by atoms with E-state index in [1.807, 2.05) is 90.4 Å². The predicted molar refractivity (Wildman–Crippen MR) is 144 cm³/mol. The molecule has 0 aliphatic heterocycles. The molecule has 0 aliphatic rings. The third kappa shape index (κ3) is 4.32. The highest BCUT2D eigenvalue weighted by Gasteiger charge is 2.17. The van der Waals surface area contributed by atoms with Crippen molar-refractivity contribution in [2.45, 2.75) is 26.4 Å². The molecule has 0 amide bonds. The van der Waals surface area contributed by atoms with Crippen LogP contribution < -0.4 is 11.2 Å². The average molecular weight is 505 g/mol. The molecule has 0 bridgehead atoms. The lowest BCUT2D eigenvalue weighted by Gasteiger charge is -2.10. The lowest BCUT2D eigenvalue weighted by atomic mass is 9.98. The Kier molecular flexibility index (Phi) is 5.97. The van der Waals surface area contributed by atoms with Crippen LogP contribution in [-0.2, 0) is 19.5 Å². The first-order chi connectivity index (χ1) is 18.6. The van der Waals surface area contributed by atoms with Crippen LogP contribution in [0.5, 0.6) is 0 Å². The van der Waals surface area contributed by atoms with E-state index in [9.17, 15) is 9.59 Å². The normalized spacial score (nSPS) is 11.3. The fraction of sp³-hybridized carbons (Fsp3) is 0.143. The fourth-order valence-corrected chi connectivity index (χ4v) is 4.72. The van der Waals surface area contributed by atoms with E-state index in [1.165, 1.54) is 4.57 Å². The molecule has 38 heavy (non-hydrogen) atoms. The second-order valence-corrected chi connectivity index (χ2v) is 9.04. The summed E-state index contributed by atoms with van der Waals surface area (Å²) in [5.74, 6) is 1.18. The van der Waals surface area contributed by atoms with Gasteiger partial charge in [-0.1, -0.05) is 78.9 Å². The van der Waals surface area contributed by atoms with Crippen molar-refractivity contribution < 1.29 is 0 Å². The summed E-state index contributed by atoms with van der Waals surface area (Å²) in [6, 6.07) is 25.8. The molecule has 0 spiro atoms. The van der Waals surface area contributed by atoms with Crippen LogP contribution in [0.3, 0.4) is 0 Å². The number of benzene rings is 3. The third-order valence-corrected chi connectivity index (χ3v) is 6.66. The number of aromatic amines is 2. The molecule has 0 aliphatic carbocycles. The molecule has 10 nitrogen and oxygen atoms in total. The Morgan fingerprint density at radius 1 is 0.816 bits per heavy atom. The van der Waals surface area contributed by atoms with E-state index in [1.54, 1.807) is 0 Å². The van der Waals surface area contributed by atoms with Gasteiger partial charge in [-0.25, -0.2) is 9.78 Å². The molecule has 0 radical (unpaired) electrons. The van der Waals surface area contributed by atoms with Crippen LogP contribution in [0.4, 0.5) is 0 Å². The lowest BCUT2D eigenvalue weighted by molar-refractivity contribution is 0.631. The molecular weight excluding hydrogens is 480 g/mol. The molecule has 0 atom stereocenters. The maximum absolute atomic E-state index is 13.4. The summed E-state index contributed by atoms with van der Waals surface area (Å²) >= 11 is 0. The Morgan fingerprint density at radius 2 is 1.55 bits per heavy atom. The SMILES string of the molecule is Cc1nc2[nH]c(=O)n(CCc3ccccc3)c(=O)c2n1Cc1ccc(-c2ccccc2-c2nn[nH]n2)cc1. The van der Waals surface area contributed by atoms with Gasteiger partial charge >= 0.3 is 5.69 Å². The van der Waals surface area contributed by atoms with Gasteiger partial charge in [0.05, 0.1) is 0 Å². The van der Waals surface area contributed by atoms with Crippen LogP contribution in [-0.4, -0.2) is 39.7 Å². The average Bonchev–Trinajstić information content (AvgIpc) is 3.58. The Bertz CT molecular complexity index is 1830. The van der Waals surface area contributed by atoms with Gasteiger partial charge in [-0.2, -0.15) is 5.21 Å². The number of nitrogens with one attached hydrogen (secondary N) is 2. The lowest BCUT2D eigenvalue weighted by Crippen LogP contribution is -2.36. The number of aromatic nitrogens is 8. The van der Waals surface area contributed by atoms with E-state index < -0.39 is 5.69 Å². The smallest absolute Gasteiger partial charge is 0.318 e. The standard InChI is InChI=1S/C28H24N8O2/c1-18-29-26-24(27(37)35(28(38)30-26)16-15-19-7-3-2-4-8-19)36(18)17-20-11-13-21(14-12-20)22-9-5-6-10-23(22)25-31-33-34-32-25/h2-14H,15-17H2,1H3,(H,30,38)(H,31,32,33,34). The minimum Gasteiger partial charge on any atom is -0.318 e. The zero-order chi connectivity index (χ0) is 26.1. The molecule has 3 heterocycles. The Hall–Kier alpha value is -5.12. The topological polar surface area (TPSA) is 127 Å². The van der Waals surface area contributed by atoms with Crippen LogP contribution in [0.2, 0.25) is 0 Å². The van der Waals surface area contributed by atoms with Gasteiger partial charge in [0.25, 0.3) is 5.56 Å². The number of H-pyrrole nitrogens is 2. The molecule has 188 valence electrons. The number of tetrazole rings is 1. The molecule has 6 rings (SSSR count). The van der Waals surface area contributed by atoms with E-state index in [0.717, 1.165) is 27.8 Å². The summed E-state index contributed by atoms with van der Waals surface area (Å²) < 4.78 is 3.11. The maximum Gasteiger partial charge on any atom is 0.330 e. The Morgan fingerprint density at radius 3 is 2.29 bits per heavy atom. The summed E-state index contributed by atoms with van der Waals surface area (Å²) in [5.41, 5.74) is 4.83. The molecule has 0 saturated heterocycles. The first kappa shape index (κ1) is 23.3. The number of fused-ring (bicyclic) bond motifs is 1. The van der Waals surface area contributed by atoms with Gasteiger partial charge in [-0.15, -0.1) is 10.2 Å². The van der Waals surface area contributed by atoms with Crippen molar-refractivity contribution in [3.63, 3.8) is 0 Å². The number of hydrogen-bond donors (Lipinski definition) is 2. The molecule has 3 aromatic heterocycles. The van der Waals surface area contributed by atoms with Crippen LogP contribution in [0.1, 0.15) is 17.0 Å². The minimum absolute atomic E-state index is 0.285. The van der Waals surface area contributed by atoms with E-state index in [-0.39, 0.29) is 12.1 Å². The Balaban J connectivity index is 1.31. The molecule has 0 unspecified atom stereocenters. The maximum atomic E-state index is 13.4. The minimum atomic E-state index is -0.451. The first-order valence-corrected chi connectivity index (χ1v) is 12.2. The molecule has 10 heteroatoms. The Labute approximate surface area is 216 Å². The van der Waals surface area contributed by atoms with Crippen LogP contribution in [0.15, 0.2) is 88.5 Å². The second-order valence-electron chi connectivity index (χ2n) is 9.04. The molecule has 0 fully saturated rings. The summed E-state index contributed by atoms with van der Waals surface area (Å²) in [7, 11) is 0. The van der Waals surface area contributed by atoms with Gasteiger partial charge in [0, 0.05) is 18.7 Å². The van der Waals surface area contributed by atoms with Crippen LogP contribution in [0.25, 0.3) is 33.7 Å².